The van der Waals surface area contributed by atoms with Gasteiger partial charge in [0.25, 0.3) is 0 Å². The van der Waals surface area contributed by atoms with Crippen molar-refractivity contribution in [1.82, 2.24) is 15.0 Å². The van der Waals surface area contributed by atoms with Crippen molar-refractivity contribution in [3.8, 4) is 11.4 Å². The van der Waals surface area contributed by atoms with E-state index in [1.54, 1.807) is 30.0 Å². The molecule has 0 bridgehead atoms. The number of rotatable bonds is 2. The lowest BCUT2D eigenvalue weighted by Gasteiger charge is -2.22. The summed E-state index contributed by atoms with van der Waals surface area (Å²) in [5.74, 6) is -1.53. The maximum atomic E-state index is 12.6. The number of urea groups is 1. The SMILES string of the molecule is Cc1cc(NC(=O)N2CCCC2C)ccc1-c1noc(C(F)(F)F)n1. The Morgan fingerprint density at radius 2 is 2.16 bits per heavy atom. The molecule has 1 unspecified atom stereocenters. The smallest absolute Gasteiger partial charge is 0.329 e. The molecule has 0 spiro atoms. The number of hydrogen-bond donors (Lipinski definition) is 1. The van der Waals surface area contributed by atoms with Crippen LogP contribution in [0.4, 0.5) is 23.7 Å². The first-order valence-corrected chi connectivity index (χ1v) is 7.85. The normalized spacial score (nSPS) is 17.8. The average Bonchev–Trinajstić information content (AvgIpc) is 3.15. The van der Waals surface area contributed by atoms with Crippen LogP contribution in [0.2, 0.25) is 0 Å². The van der Waals surface area contributed by atoms with Crippen LogP contribution in [0.15, 0.2) is 22.7 Å². The second kappa shape index (κ2) is 6.38. The third-order valence-electron chi connectivity index (χ3n) is 4.20. The highest BCUT2D eigenvalue weighted by molar-refractivity contribution is 5.90. The van der Waals surface area contributed by atoms with Gasteiger partial charge in [-0.25, -0.2) is 4.79 Å². The number of nitrogens with one attached hydrogen (secondary N) is 1. The molecule has 25 heavy (non-hydrogen) atoms. The predicted molar refractivity (Wildman–Crippen MR) is 83.9 cm³/mol. The minimum atomic E-state index is -4.68. The van der Waals surface area contributed by atoms with Crippen molar-refractivity contribution in [3.05, 3.63) is 29.7 Å². The molecule has 2 heterocycles. The third kappa shape index (κ3) is 3.59. The first-order valence-electron chi connectivity index (χ1n) is 7.85. The van der Waals surface area contributed by atoms with E-state index in [1.165, 1.54) is 0 Å². The Hall–Kier alpha value is -2.58. The molecule has 2 aromatic rings. The van der Waals surface area contributed by atoms with E-state index in [-0.39, 0.29) is 17.9 Å². The Morgan fingerprint density at radius 1 is 1.40 bits per heavy atom. The predicted octanol–water partition coefficient (Wildman–Crippen LogP) is 4.08. The summed E-state index contributed by atoms with van der Waals surface area (Å²) in [7, 11) is 0. The fourth-order valence-corrected chi connectivity index (χ4v) is 2.87. The van der Waals surface area contributed by atoms with Gasteiger partial charge in [0.2, 0.25) is 5.82 Å². The Labute approximate surface area is 142 Å². The Bertz CT molecular complexity index is 788. The quantitative estimate of drug-likeness (QED) is 0.882. The minimum Gasteiger partial charge on any atom is -0.329 e. The van der Waals surface area contributed by atoms with Crippen LogP contribution in [-0.2, 0) is 6.18 Å². The molecule has 1 atom stereocenters. The van der Waals surface area contributed by atoms with E-state index in [4.69, 9.17) is 0 Å². The van der Waals surface area contributed by atoms with E-state index >= 15 is 0 Å². The highest BCUT2D eigenvalue weighted by Gasteiger charge is 2.38. The number of nitrogens with zero attached hydrogens (tertiary/aromatic N) is 3. The molecule has 134 valence electrons. The molecule has 0 saturated carbocycles. The molecule has 2 amide bonds. The first-order chi connectivity index (χ1) is 11.8. The molecule has 1 aliphatic rings. The molecule has 1 aliphatic heterocycles. The van der Waals surface area contributed by atoms with Gasteiger partial charge in [-0.05, 0) is 50.5 Å². The van der Waals surface area contributed by atoms with Crippen LogP contribution in [0.25, 0.3) is 11.4 Å². The monoisotopic (exact) mass is 354 g/mol. The zero-order chi connectivity index (χ0) is 18.2. The van der Waals surface area contributed by atoms with E-state index < -0.39 is 12.1 Å². The van der Waals surface area contributed by atoms with Crippen molar-refractivity contribution in [2.45, 2.75) is 38.9 Å². The highest BCUT2D eigenvalue weighted by atomic mass is 19.4. The number of hydrogen-bond acceptors (Lipinski definition) is 4. The third-order valence-corrected chi connectivity index (χ3v) is 4.20. The van der Waals surface area contributed by atoms with Crippen molar-refractivity contribution >= 4 is 11.7 Å². The van der Waals surface area contributed by atoms with Gasteiger partial charge in [-0.15, -0.1) is 0 Å². The van der Waals surface area contributed by atoms with E-state index in [0.717, 1.165) is 12.8 Å². The number of benzene rings is 1. The van der Waals surface area contributed by atoms with Gasteiger partial charge in [-0.3, -0.25) is 0 Å². The number of carbonyl (C=O) groups excluding carboxylic acids is 1. The number of aromatic nitrogens is 2. The molecular weight excluding hydrogens is 337 g/mol. The number of aryl methyl sites for hydroxylation is 1. The molecule has 6 nitrogen and oxygen atoms in total. The molecule has 1 N–H and O–H groups in total. The summed E-state index contributed by atoms with van der Waals surface area (Å²) < 4.78 is 41.9. The summed E-state index contributed by atoms with van der Waals surface area (Å²) in [6.45, 7) is 4.41. The van der Waals surface area contributed by atoms with Gasteiger partial charge in [-0.1, -0.05) is 5.16 Å². The molecule has 0 aliphatic carbocycles. The Kier molecular flexibility index (Phi) is 4.40. The fourth-order valence-electron chi connectivity index (χ4n) is 2.87. The van der Waals surface area contributed by atoms with Gasteiger partial charge in [0.1, 0.15) is 0 Å². The number of alkyl halides is 3. The summed E-state index contributed by atoms with van der Waals surface area (Å²) in [4.78, 5) is 17.4. The second-order valence-corrected chi connectivity index (χ2v) is 6.07. The number of anilines is 1. The molecule has 0 radical (unpaired) electrons. The van der Waals surface area contributed by atoms with Gasteiger partial charge in [0.15, 0.2) is 0 Å². The van der Waals surface area contributed by atoms with Crippen molar-refractivity contribution in [2.24, 2.45) is 0 Å². The largest absolute Gasteiger partial charge is 0.471 e. The Morgan fingerprint density at radius 3 is 2.72 bits per heavy atom. The standard InChI is InChI=1S/C16H17F3N4O2/c1-9-8-11(20-15(24)23-7-3-4-10(23)2)5-6-12(9)13-21-14(25-22-13)16(17,18)19/h5-6,8,10H,3-4,7H2,1-2H3,(H,20,24). The molecule has 1 fully saturated rings. The summed E-state index contributed by atoms with van der Waals surface area (Å²) >= 11 is 0. The van der Waals surface area contributed by atoms with Crippen LogP contribution in [0.3, 0.4) is 0 Å². The van der Waals surface area contributed by atoms with E-state index in [1.807, 2.05) is 6.92 Å². The number of amides is 2. The lowest BCUT2D eigenvalue weighted by Crippen LogP contribution is -2.37. The zero-order valence-corrected chi connectivity index (χ0v) is 13.7. The van der Waals surface area contributed by atoms with Crippen molar-refractivity contribution in [3.63, 3.8) is 0 Å². The maximum absolute atomic E-state index is 12.6. The highest BCUT2D eigenvalue weighted by Crippen LogP contribution is 2.31. The summed E-state index contributed by atoms with van der Waals surface area (Å²) in [5, 5.41) is 6.18. The number of halogens is 3. The van der Waals surface area contributed by atoms with E-state index in [2.05, 4.69) is 20.0 Å². The minimum absolute atomic E-state index is 0.143. The summed E-state index contributed by atoms with van der Waals surface area (Å²) in [6.07, 6.45) is -2.73. The van der Waals surface area contributed by atoms with E-state index in [9.17, 15) is 18.0 Å². The van der Waals surface area contributed by atoms with Gasteiger partial charge >= 0.3 is 18.1 Å². The molecule has 3 rings (SSSR count). The van der Waals surface area contributed by atoms with Crippen LogP contribution < -0.4 is 5.32 Å². The van der Waals surface area contributed by atoms with Gasteiger partial charge in [-0.2, -0.15) is 18.2 Å². The van der Waals surface area contributed by atoms with Crippen molar-refractivity contribution in [1.29, 1.82) is 0 Å². The second-order valence-electron chi connectivity index (χ2n) is 6.07. The number of carbonyl (C=O) groups is 1. The topological polar surface area (TPSA) is 71.3 Å². The van der Waals surface area contributed by atoms with Crippen molar-refractivity contribution in [2.75, 3.05) is 11.9 Å². The van der Waals surface area contributed by atoms with Crippen LogP contribution in [-0.4, -0.2) is 33.7 Å². The van der Waals surface area contributed by atoms with Crippen LogP contribution in [0.1, 0.15) is 31.2 Å². The van der Waals surface area contributed by atoms with Crippen LogP contribution in [0, 0.1) is 6.92 Å². The van der Waals surface area contributed by atoms with Gasteiger partial charge in [0, 0.05) is 23.8 Å². The van der Waals surface area contributed by atoms with Crippen LogP contribution >= 0.6 is 0 Å². The first kappa shape index (κ1) is 17.2. The molecule has 1 aromatic heterocycles. The molecular formula is C16H17F3N4O2. The molecule has 9 heteroatoms. The maximum Gasteiger partial charge on any atom is 0.471 e. The van der Waals surface area contributed by atoms with Crippen LogP contribution in [0.5, 0.6) is 0 Å². The zero-order valence-electron chi connectivity index (χ0n) is 13.7. The average molecular weight is 354 g/mol. The summed E-state index contributed by atoms with van der Waals surface area (Å²) in [6, 6.07) is 4.84. The number of likely N-dealkylation sites (tertiary alicyclic amines) is 1. The Balaban J connectivity index is 1.77. The van der Waals surface area contributed by atoms with Gasteiger partial charge in [0.05, 0.1) is 0 Å². The van der Waals surface area contributed by atoms with Crippen molar-refractivity contribution < 1.29 is 22.5 Å². The van der Waals surface area contributed by atoms with E-state index in [0.29, 0.717) is 23.4 Å². The lowest BCUT2D eigenvalue weighted by atomic mass is 10.1. The molecule has 1 aromatic carbocycles. The van der Waals surface area contributed by atoms with Gasteiger partial charge < -0.3 is 14.7 Å². The summed E-state index contributed by atoms with van der Waals surface area (Å²) in [5.41, 5.74) is 1.60. The fraction of sp³-hybridized carbons (Fsp3) is 0.438. The lowest BCUT2D eigenvalue weighted by molar-refractivity contribution is -0.159. The molecule has 1 saturated heterocycles.